The Kier molecular flexibility index (Phi) is 6.41. The van der Waals surface area contributed by atoms with Gasteiger partial charge < -0.3 is 16.2 Å². The smallest absolute Gasteiger partial charge is 0.193 e. The standard InChI is InChI=1S/C18H21N3O.HI/c19-18(20-11-15-4-1-2-5-16(15)12-22)21-17-9-8-13-6-3-7-14(13)10-17;/h1-2,4-5,8-10,22H,3,6-7,11-12H2,(H3,19,20,21);1H. The molecule has 0 fully saturated rings. The van der Waals surface area contributed by atoms with E-state index in [4.69, 9.17) is 5.73 Å². The van der Waals surface area contributed by atoms with Gasteiger partial charge in [0.1, 0.15) is 0 Å². The number of nitrogens with zero attached hydrogens (tertiary/aromatic N) is 1. The summed E-state index contributed by atoms with van der Waals surface area (Å²) in [6.45, 7) is 0.477. The minimum Gasteiger partial charge on any atom is -0.392 e. The Balaban J connectivity index is 0.00000192. The number of rotatable bonds is 4. The van der Waals surface area contributed by atoms with Crippen LogP contribution in [0.3, 0.4) is 0 Å². The van der Waals surface area contributed by atoms with Crippen LogP contribution in [-0.2, 0) is 26.0 Å². The molecule has 23 heavy (non-hydrogen) atoms. The van der Waals surface area contributed by atoms with Gasteiger partial charge in [0.05, 0.1) is 13.2 Å². The first-order valence-corrected chi connectivity index (χ1v) is 7.62. The van der Waals surface area contributed by atoms with Crippen molar-refractivity contribution in [3.8, 4) is 0 Å². The van der Waals surface area contributed by atoms with E-state index in [9.17, 15) is 5.11 Å². The first-order chi connectivity index (χ1) is 10.8. The molecule has 0 saturated heterocycles. The third-order valence-electron chi connectivity index (χ3n) is 4.08. The molecule has 4 nitrogen and oxygen atoms in total. The van der Waals surface area contributed by atoms with Crippen LogP contribution in [0.2, 0.25) is 0 Å². The molecule has 5 heteroatoms. The van der Waals surface area contributed by atoms with E-state index in [0.717, 1.165) is 23.2 Å². The average Bonchev–Trinajstić information content (AvgIpc) is 3.01. The van der Waals surface area contributed by atoms with Gasteiger partial charge in [0.25, 0.3) is 0 Å². The molecule has 4 N–H and O–H groups in total. The summed E-state index contributed by atoms with van der Waals surface area (Å²) < 4.78 is 0. The lowest BCUT2D eigenvalue weighted by Crippen LogP contribution is -2.22. The van der Waals surface area contributed by atoms with Gasteiger partial charge in [-0.1, -0.05) is 30.3 Å². The molecular weight excluding hydrogens is 401 g/mol. The van der Waals surface area contributed by atoms with Crippen LogP contribution in [0.5, 0.6) is 0 Å². The molecule has 3 rings (SSSR count). The zero-order valence-electron chi connectivity index (χ0n) is 13.0. The largest absolute Gasteiger partial charge is 0.392 e. The fourth-order valence-electron chi connectivity index (χ4n) is 2.87. The summed E-state index contributed by atoms with van der Waals surface area (Å²) in [5.41, 5.74) is 11.7. The number of hydrogen-bond donors (Lipinski definition) is 3. The van der Waals surface area contributed by atoms with E-state index in [2.05, 4.69) is 22.4 Å². The van der Waals surface area contributed by atoms with Crippen molar-refractivity contribution in [1.29, 1.82) is 0 Å². The van der Waals surface area contributed by atoms with Crippen molar-refractivity contribution in [1.82, 2.24) is 0 Å². The van der Waals surface area contributed by atoms with Crippen molar-refractivity contribution < 1.29 is 5.11 Å². The highest BCUT2D eigenvalue weighted by Gasteiger charge is 2.10. The molecule has 0 unspecified atom stereocenters. The van der Waals surface area contributed by atoms with Gasteiger partial charge in [-0.25, -0.2) is 4.99 Å². The normalized spacial score (nSPS) is 13.3. The molecular formula is C18H22IN3O. The maximum absolute atomic E-state index is 9.31. The Hall–Kier alpha value is -1.60. The quantitative estimate of drug-likeness (QED) is 0.402. The predicted octanol–water partition coefficient (Wildman–Crippen LogP) is 3.21. The topological polar surface area (TPSA) is 70.6 Å². The number of fused-ring (bicyclic) bond motifs is 1. The monoisotopic (exact) mass is 423 g/mol. The van der Waals surface area contributed by atoms with Crippen molar-refractivity contribution in [2.75, 3.05) is 5.32 Å². The van der Waals surface area contributed by atoms with Crippen LogP contribution in [-0.4, -0.2) is 11.1 Å². The molecule has 2 aromatic carbocycles. The minimum atomic E-state index is 0. The number of aliphatic hydroxyl groups is 1. The molecule has 0 spiro atoms. The zero-order chi connectivity index (χ0) is 15.4. The number of benzene rings is 2. The second-order valence-electron chi connectivity index (χ2n) is 5.59. The number of guanidine groups is 1. The zero-order valence-corrected chi connectivity index (χ0v) is 15.3. The molecule has 1 aliphatic rings. The van der Waals surface area contributed by atoms with Crippen molar-refractivity contribution in [2.24, 2.45) is 10.7 Å². The third kappa shape index (κ3) is 4.45. The van der Waals surface area contributed by atoms with Gasteiger partial charge in [0.15, 0.2) is 5.96 Å². The summed E-state index contributed by atoms with van der Waals surface area (Å²) in [7, 11) is 0. The number of hydrogen-bond acceptors (Lipinski definition) is 2. The highest BCUT2D eigenvalue weighted by atomic mass is 127. The maximum Gasteiger partial charge on any atom is 0.193 e. The first kappa shape index (κ1) is 17.7. The van der Waals surface area contributed by atoms with Gasteiger partial charge in [-0.2, -0.15) is 0 Å². The van der Waals surface area contributed by atoms with Crippen molar-refractivity contribution in [3.63, 3.8) is 0 Å². The number of aryl methyl sites for hydroxylation is 2. The Morgan fingerprint density at radius 2 is 1.83 bits per heavy atom. The SMILES string of the molecule is I.NC(=NCc1ccccc1CO)Nc1ccc2c(c1)CCC2. The van der Waals surface area contributed by atoms with Crippen LogP contribution >= 0.6 is 24.0 Å². The van der Waals surface area contributed by atoms with Crippen LogP contribution in [0.25, 0.3) is 0 Å². The molecule has 0 aromatic heterocycles. The van der Waals surface area contributed by atoms with Crippen LogP contribution < -0.4 is 11.1 Å². The van der Waals surface area contributed by atoms with E-state index in [-0.39, 0.29) is 30.6 Å². The predicted molar refractivity (Wildman–Crippen MR) is 105 cm³/mol. The molecule has 0 amide bonds. The van der Waals surface area contributed by atoms with Gasteiger partial charge >= 0.3 is 0 Å². The number of anilines is 1. The van der Waals surface area contributed by atoms with Crippen molar-refractivity contribution in [3.05, 3.63) is 64.7 Å². The van der Waals surface area contributed by atoms with Crippen LogP contribution in [0.1, 0.15) is 28.7 Å². The lowest BCUT2D eigenvalue weighted by molar-refractivity contribution is 0.280. The minimum absolute atomic E-state index is 0. The highest BCUT2D eigenvalue weighted by Crippen LogP contribution is 2.24. The maximum atomic E-state index is 9.31. The molecule has 0 bridgehead atoms. The molecule has 0 radical (unpaired) electrons. The fraction of sp³-hybridized carbons (Fsp3) is 0.278. The molecule has 2 aromatic rings. The second kappa shape index (κ2) is 8.31. The molecule has 122 valence electrons. The fourth-order valence-corrected chi connectivity index (χ4v) is 2.87. The van der Waals surface area contributed by atoms with Gasteiger partial charge in [-0.3, -0.25) is 0 Å². The van der Waals surface area contributed by atoms with Crippen LogP contribution in [0, 0.1) is 0 Å². The Morgan fingerprint density at radius 3 is 2.61 bits per heavy atom. The summed E-state index contributed by atoms with van der Waals surface area (Å²) in [4.78, 5) is 4.36. The molecule has 0 atom stereocenters. The summed E-state index contributed by atoms with van der Waals surface area (Å²) in [5.74, 6) is 0.394. The van der Waals surface area contributed by atoms with Crippen LogP contribution in [0.4, 0.5) is 5.69 Å². The van der Waals surface area contributed by atoms with Gasteiger partial charge in [-0.05, 0) is 53.6 Å². The van der Waals surface area contributed by atoms with E-state index >= 15 is 0 Å². The molecule has 0 saturated carbocycles. The van der Waals surface area contributed by atoms with Gasteiger partial charge in [-0.15, -0.1) is 24.0 Å². The van der Waals surface area contributed by atoms with E-state index in [1.807, 2.05) is 30.3 Å². The summed E-state index contributed by atoms with van der Waals surface area (Å²) in [6, 6.07) is 14.1. The Morgan fingerprint density at radius 1 is 1.09 bits per heavy atom. The molecule has 1 aliphatic carbocycles. The van der Waals surface area contributed by atoms with E-state index in [1.54, 1.807) is 0 Å². The summed E-state index contributed by atoms with van der Waals surface area (Å²) in [6.07, 6.45) is 3.56. The Bertz CT molecular complexity index is 700. The number of nitrogens with one attached hydrogen (secondary N) is 1. The van der Waals surface area contributed by atoms with E-state index in [1.165, 1.54) is 24.0 Å². The summed E-state index contributed by atoms with van der Waals surface area (Å²) >= 11 is 0. The van der Waals surface area contributed by atoms with E-state index in [0.29, 0.717) is 12.5 Å². The van der Waals surface area contributed by atoms with E-state index < -0.39 is 0 Å². The van der Waals surface area contributed by atoms with Crippen molar-refractivity contribution >= 4 is 35.6 Å². The number of halogens is 1. The lowest BCUT2D eigenvalue weighted by atomic mass is 10.1. The number of aliphatic hydroxyl groups excluding tert-OH is 1. The molecule has 0 heterocycles. The Labute approximate surface area is 153 Å². The van der Waals surface area contributed by atoms with Crippen molar-refractivity contribution in [2.45, 2.75) is 32.4 Å². The first-order valence-electron chi connectivity index (χ1n) is 7.62. The second-order valence-corrected chi connectivity index (χ2v) is 5.59. The average molecular weight is 423 g/mol. The molecule has 0 aliphatic heterocycles. The highest BCUT2D eigenvalue weighted by molar-refractivity contribution is 14.0. The lowest BCUT2D eigenvalue weighted by Gasteiger charge is -2.09. The summed E-state index contributed by atoms with van der Waals surface area (Å²) in [5, 5.41) is 12.5. The third-order valence-corrected chi connectivity index (χ3v) is 4.08. The van der Waals surface area contributed by atoms with Gasteiger partial charge in [0, 0.05) is 5.69 Å². The number of nitrogens with two attached hydrogens (primary N) is 1. The van der Waals surface area contributed by atoms with Crippen LogP contribution in [0.15, 0.2) is 47.5 Å². The van der Waals surface area contributed by atoms with Gasteiger partial charge in [0.2, 0.25) is 0 Å². The number of aliphatic imine (C=N–C) groups is 1.